The summed E-state index contributed by atoms with van der Waals surface area (Å²) >= 11 is 5.89. The number of nitrogens with zero attached hydrogens (tertiary/aromatic N) is 4. The van der Waals surface area contributed by atoms with Crippen molar-refractivity contribution in [1.82, 2.24) is 25.0 Å². The minimum atomic E-state index is 0.0366. The van der Waals surface area contributed by atoms with Crippen LogP contribution in [0.1, 0.15) is 37.3 Å². The van der Waals surface area contributed by atoms with E-state index in [1.807, 2.05) is 33.8 Å². The molecule has 0 radical (unpaired) electrons. The van der Waals surface area contributed by atoms with Crippen molar-refractivity contribution < 1.29 is 4.79 Å². The van der Waals surface area contributed by atoms with E-state index >= 15 is 0 Å². The van der Waals surface area contributed by atoms with Gasteiger partial charge in [-0.05, 0) is 43.4 Å². The van der Waals surface area contributed by atoms with Crippen molar-refractivity contribution in [2.45, 2.75) is 50.4 Å². The van der Waals surface area contributed by atoms with E-state index in [1.165, 1.54) is 0 Å². The molecule has 2 aromatic rings. The number of benzene rings is 1. The largest absolute Gasteiger partial charge is 0.334 e. The zero-order valence-corrected chi connectivity index (χ0v) is 14.1. The Morgan fingerprint density at radius 1 is 1.17 bits per heavy atom. The van der Waals surface area contributed by atoms with Gasteiger partial charge in [-0.2, -0.15) is 5.10 Å². The lowest BCUT2D eigenvalue weighted by molar-refractivity contribution is 0.120. The Balaban J connectivity index is 1.38. The van der Waals surface area contributed by atoms with E-state index < -0.39 is 0 Å². The molecule has 4 rings (SSSR count). The van der Waals surface area contributed by atoms with Crippen LogP contribution >= 0.6 is 11.6 Å². The molecule has 2 atom stereocenters. The fourth-order valence-electron chi connectivity index (χ4n) is 3.97. The number of carbonyl (C=O) groups excluding carboxylic acids is 1. The van der Waals surface area contributed by atoms with Gasteiger partial charge in [0.1, 0.15) is 12.7 Å². The van der Waals surface area contributed by atoms with E-state index in [0.29, 0.717) is 29.7 Å². The van der Waals surface area contributed by atoms with Gasteiger partial charge in [-0.1, -0.05) is 23.7 Å². The van der Waals surface area contributed by atoms with Crippen molar-refractivity contribution in [1.29, 1.82) is 0 Å². The fourth-order valence-corrected chi connectivity index (χ4v) is 4.10. The lowest BCUT2D eigenvalue weighted by Gasteiger charge is -2.38. The van der Waals surface area contributed by atoms with Gasteiger partial charge in [0.25, 0.3) is 0 Å². The molecule has 2 unspecified atom stereocenters. The molecule has 2 amide bonds. The lowest BCUT2D eigenvalue weighted by atomic mass is 9.98. The number of piperidine rings is 1. The molecule has 1 aromatic carbocycles. The number of aromatic nitrogens is 3. The monoisotopic (exact) mass is 345 g/mol. The van der Waals surface area contributed by atoms with Crippen LogP contribution in [0, 0.1) is 0 Å². The molecule has 2 aliphatic rings. The summed E-state index contributed by atoms with van der Waals surface area (Å²) in [6, 6.07) is 8.54. The maximum Gasteiger partial charge on any atom is 0.318 e. The summed E-state index contributed by atoms with van der Waals surface area (Å²) in [7, 11) is 0. The second-order valence-corrected chi connectivity index (χ2v) is 7.01. The second kappa shape index (κ2) is 6.43. The van der Waals surface area contributed by atoms with Crippen LogP contribution in [0.15, 0.2) is 36.9 Å². The highest BCUT2D eigenvalue weighted by Gasteiger charge is 2.43. The maximum atomic E-state index is 12.6. The standard InChI is InChI=1S/C17H20ClN5O/c18-13-3-1-12(2-4-13)9-20-17(24)23-14-5-6-15(23)8-16(7-14)22-11-19-10-21-22/h1-4,10-11,14-16H,5-9H2,(H,20,24). The van der Waals surface area contributed by atoms with Crippen LogP contribution in [0.5, 0.6) is 0 Å². The Hall–Kier alpha value is -2.08. The van der Waals surface area contributed by atoms with Gasteiger partial charge in [0.05, 0.1) is 6.04 Å². The molecule has 1 aromatic heterocycles. The molecule has 1 N–H and O–H groups in total. The topological polar surface area (TPSA) is 63.1 Å². The van der Waals surface area contributed by atoms with Crippen molar-refractivity contribution in [3.05, 3.63) is 47.5 Å². The summed E-state index contributed by atoms with van der Waals surface area (Å²) in [6.45, 7) is 0.526. The molecule has 2 bridgehead atoms. The van der Waals surface area contributed by atoms with Gasteiger partial charge in [-0.25, -0.2) is 14.5 Å². The highest BCUT2D eigenvalue weighted by Crippen LogP contribution is 2.40. The molecule has 2 saturated heterocycles. The Morgan fingerprint density at radius 2 is 1.88 bits per heavy atom. The van der Waals surface area contributed by atoms with E-state index in [2.05, 4.69) is 15.4 Å². The number of halogens is 1. The van der Waals surface area contributed by atoms with Gasteiger partial charge in [-0.15, -0.1) is 0 Å². The first kappa shape index (κ1) is 15.4. The van der Waals surface area contributed by atoms with E-state index in [4.69, 9.17) is 11.6 Å². The molecule has 3 heterocycles. The van der Waals surface area contributed by atoms with Crippen LogP contribution in [-0.2, 0) is 6.54 Å². The number of urea groups is 1. The minimum absolute atomic E-state index is 0.0366. The number of nitrogens with one attached hydrogen (secondary N) is 1. The number of hydrogen-bond donors (Lipinski definition) is 1. The minimum Gasteiger partial charge on any atom is -0.334 e. The summed E-state index contributed by atoms with van der Waals surface area (Å²) in [4.78, 5) is 18.7. The van der Waals surface area contributed by atoms with Crippen LogP contribution in [0.2, 0.25) is 5.02 Å². The summed E-state index contributed by atoms with van der Waals surface area (Å²) in [5, 5.41) is 8.02. The third kappa shape index (κ3) is 2.98. The van der Waals surface area contributed by atoms with Gasteiger partial charge in [0, 0.05) is 23.7 Å². The number of rotatable bonds is 3. The number of fused-ring (bicyclic) bond motifs is 2. The van der Waals surface area contributed by atoms with Gasteiger partial charge >= 0.3 is 6.03 Å². The molecule has 126 valence electrons. The van der Waals surface area contributed by atoms with Crippen LogP contribution in [0.3, 0.4) is 0 Å². The van der Waals surface area contributed by atoms with Crippen LogP contribution < -0.4 is 5.32 Å². The lowest BCUT2D eigenvalue weighted by Crippen LogP contribution is -2.50. The van der Waals surface area contributed by atoms with E-state index in [-0.39, 0.29) is 6.03 Å². The predicted octanol–water partition coefficient (Wildman–Crippen LogP) is 3.01. The summed E-state index contributed by atoms with van der Waals surface area (Å²) in [6.07, 6.45) is 7.41. The molecular weight excluding hydrogens is 326 g/mol. The van der Waals surface area contributed by atoms with Gasteiger partial charge in [0.2, 0.25) is 0 Å². The molecular formula is C17H20ClN5O. The van der Waals surface area contributed by atoms with Crippen LogP contribution in [0.4, 0.5) is 4.79 Å². The molecule has 0 saturated carbocycles. The van der Waals surface area contributed by atoms with Crippen molar-refractivity contribution in [3.8, 4) is 0 Å². The Morgan fingerprint density at radius 3 is 2.50 bits per heavy atom. The van der Waals surface area contributed by atoms with E-state index in [0.717, 1.165) is 31.2 Å². The van der Waals surface area contributed by atoms with Crippen LogP contribution in [-0.4, -0.2) is 37.8 Å². The van der Waals surface area contributed by atoms with E-state index in [1.54, 1.807) is 12.7 Å². The van der Waals surface area contributed by atoms with E-state index in [9.17, 15) is 4.79 Å². The zero-order chi connectivity index (χ0) is 16.5. The molecule has 7 heteroatoms. The highest BCUT2D eigenvalue weighted by atomic mass is 35.5. The SMILES string of the molecule is O=C(NCc1ccc(Cl)cc1)N1C2CCC1CC(n1cncn1)C2. The third-order valence-electron chi connectivity index (χ3n) is 5.11. The molecule has 6 nitrogen and oxygen atoms in total. The molecule has 24 heavy (non-hydrogen) atoms. The van der Waals surface area contributed by atoms with Gasteiger partial charge < -0.3 is 10.2 Å². The Kier molecular flexibility index (Phi) is 4.14. The Bertz CT molecular complexity index is 688. The second-order valence-electron chi connectivity index (χ2n) is 6.58. The molecule has 2 aliphatic heterocycles. The first-order chi connectivity index (χ1) is 11.7. The Labute approximate surface area is 145 Å². The fraction of sp³-hybridized carbons (Fsp3) is 0.471. The molecule has 0 spiro atoms. The van der Waals surface area contributed by atoms with Gasteiger partial charge in [0.15, 0.2) is 0 Å². The molecule has 0 aliphatic carbocycles. The summed E-state index contributed by atoms with van der Waals surface area (Å²) in [5.74, 6) is 0. The first-order valence-electron chi connectivity index (χ1n) is 8.35. The van der Waals surface area contributed by atoms with Gasteiger partial charge in [-0.3, -0.25) is 0 Å². The first-order valence-corrected chi connectivity index (χ1v) is 8.73. The van der Waals surface area contributed by atoms with Crippen molar-refractivity contribution in [2.75, 3.05) is 0 Å². The quantitative estimate of drug-likeness (QED) is 0.930. The van der Waals surface area contributed by atoms with Crippen molar-refractivity contribution in [3.63, 3.8) is 0 Å². The maximum absolute atomic E-state index is 12.6. The number of carbonyl (C=O) groups is 1. The normalized spacial score (nSPS) is 25.7. The summed E-state index contributed by atoms with van der Waals surface area (Å²) < 4.78 is 1.94. The predicted molar refractivity (Wildman–Crippen MR) is 90.6 cm³/mol. The van der Waals surface area contributed by atoms with Crippen molar-refractivity contribution >= 4 is 17.6 Å². The highest BCUT2D eigenvalue weighted by molar-refractivity contribution is 6.30. The number of amides is 2. The van der Waals surface area contributed by atoms with Crippen molar-refractivity contribution in [2.24, 2.45) is 0 Å². The number of hydrogen-bond acceptors (Lipinski definition) is 3. The average Bonchev–Trinajstić information content (AvgIpc) is 3.21. The summed E-state index contributed by atoms with van der Waals surface area (Å²) in [5.41, 5.74) is 1.05. The third-order valence-corrected chi connectivity index (χ3v) is 5.36. The molecule has 2 fully saturated rings. The average molecular weight is 346 g/mol. The zero-order valence-electron chi connectivity index (χ0n) is 13.3. The smallest absolute Gasteiger partial charge is 0.318 e. The van der Waals surface area contributed by atoms with Crippen LogP contribution in [0.25, 0.3) is 0 Å².